The SMILES string of the molecule is C1CCC(CCN2CCCC2)NC1.Cl.Cl. The van der Waals surface area contributed by atoms with E-state index in [1.54, 1.807) is 0 Å². The summed E-state index contributed by atoms with van der Waals surface area (Å²) in [5.74, 6) is 0. The van der Waals surface area contributed by atoms with Gasteiger partial charge in [-0.2, -0.15) is 0 Å². The molecule has 2 fully saturated rings. The number of hydrogen-bond acceptors (Lipinski definition) is 2. The molecule has 0 radical (unpaired) electrons. The molecule has 2 saturated heterocycles. The first-order valence-electron chi connectivity index (χ1n) is 5.91. The smallest absolute Gasteiger partial charge is 0.00792 e. The average molecular weight is 255 g/mol. The summed E-state index contributed by atoms with van der Waals surface area (Å²) in [5, 5.41) is 3.62. The Morgan fingerprint density at radius 2 is 1.73 bits per heavy atom. The lowest BCUT2D eigenvalue weighted by molar-refractivity contribution is 0.289. The zero-order valence-electron chi connectivity index (χ0n) is 9.41. The van der Waals surface area contributed by atoms with E-state index in [1.165, 1.54) is 64.7 Å². The van der Waals surface area contributed by atoms with Crippen LogP contribution in [0.2, 0.25) is 0 Å². The van der Waals surface area contributed by atoms with Crippen LogP contribution in [0.25, 0.3) is 0 Å². The maximum atomic E-state index is 3.62. The van der Waals surface area contributed by atoms with Gasteiger partial charge < -0.3 is 10.2 Å². The summed E-state index contributed by atoms with van der Waals surface area (Å²) in [5.41, 5.74) is 0. The highest BCUT2D eigenvalue weighted by atomic mass is 35.5. The monoisotopic (exact) mass is 254 g/mol. The number of likely N-dealkylation sites (tertiary alicyclic amines) is 1. The third-order valence-electron chi connectivity index (χ3n) is 3.40. The molecule has 1 N–H and O–H groups in total. The molecule has 0 spiro atoms. The predicted molar refractivity (Wildman–Crippen MR) is 70.4 cm³/mol. The van der Waals surface area contributed by atoms with Crippen LogP contribution in [0.1, 0.15) is 38.5 Å². The first-order valence-corrected chi connectivity index (χ1v) is 5.91. The van der Waals surface area contributed by atoms with Crippen LogP contribution in [-0.2, 0) is 0 Å². The maximum absolute atomic E-state index is 3.62. The topological polar surface area (TPSA) is 15.3 Å². The van der Waals surface area contributed by atoms with Gasteiger partial charge in [0, 0.05) is 6.04 Å². The largest absolute Gasteiger partial charge is 0.314 e. The molecule has 0 aliphatic carbocycles. The minimum Gasteiger partial charge on any atom is -0.314 e. The van der Waals surface area contributed by atoms with Gasteiger partial charge in [0.1, 0.15) is 0 Å². The molecule has 4 heteroatoms. The van der Waals surface area contributed by atoms with Crippen LogP contribution in [-0.4, -0.2) is 37.1 Å². The molecule has 92 valence electrons. The quantitative estimate of drug-likeness (QED) is 0.833. The van der Waals surface area contributed by atoms with Gasteiger partial charge in [0.2, 0.25) is 0 Å². The highest BCUT2D eigenvalue weighted by molar-refractivity contribution is 5.85. The second-order valence-electron chi connectivity index (χ2n) is 4.48. The molecule has 2 heterocycles. The van der Waals surface area contributed by atoms with Gasteiger partial charge in [-0.1, -0.05) is 6.42 Å². The number of rotatable bonds is 3. The predicted octanol–water partition coefficient (Wildman–Crippen LogP) is 2.46. The lowest BCUT2D eigenvalue weighted by Crippen LogP contribution is -2.36. The van der Waals surface area contributed by atoms with Crippen LogP contribution in [0.15, 0.2) is 0 Å². The molecule has 0 aromatic heterocycles. The molecule has 2 rings (SSSR count). The molecule has 1 unspecified atom stereocenters. The molecule has 2 aliphatic heterocycles. The Hall–Kier alpha value is 0.500. The molecular formula is C11H24Cl2N2. The van der Waals surface area contributed by atoms with Crippen molar-refractivity contribution in [2.75, 3.05) is 26.2 Å². The first kappa shape index (κ1) is 15.5. The van der Waals surface area contributed by atoms with Crippen molar-refractivity contribution >= 4 is 24.8 Å². The number of hydrogen-bond donors (Lipinski definition) is 1. The third kappa shape index (κ3) is 5.39. The van der Waals surface area contributed by atoms with Gasteiger partial charge >= 0.3 is 0 Å². The van der Waals surface area contributed by atoms with Crippen LogP contribution in [0, 0.1) is 0 Å². The summed E-state index contributed by atoms with van der Waals surface area (Å²) in [4.78, 5) is 2.62. The fourth-order valence-electron chi connectivity index (χ4n) is 2.52. The Morgan fingerprint density at radius 3 is 2.33 bits per heavy atom. The molecule has 0 amide bonds. The molecule has 2 aliphatic rings. The Kier molecular flexibility index (Phi) is 8.92. The van der Waals surface area contributed by atoms with E-state index in [9.17, 15) is 0 Å². The first-order chi connectivity index (χ1) is 6.45. The molecule has 0 bridgehead atoms. The Morgan fingerprint density at radius 1 is 1.00 bits per heavy atom. The third-order valence-corrected chi connectivity index (χ3v) is 3.40. The standard InChI is InChI=1S/C11H22N2.2ClH/c1-2-7-12-11(5-1)6-10-13-8-3-4-9-13;;/h11-12H,1-10H2;2*1H. The van der Waals surface area contributed by atoms with Crippen molar-refractivity contribution in [1.82, 2.24) is 10.2 Å². The van der Waals surface area contributed by atoms with Crippen LogP contribution >= 0.6 is 24.8 Å². The van der Waals surface area contributed by atoms with E-state index in [0.29, 0.717) is 0 Å². The van der Waals surface area contributed by atoms with Crippen molar-refractivity contribution in [1.29, 1.82) is 0 Å². The molecule has 2 nitrogen and oxygen atoms in total. The van der Waals surface area contributed by atoms with Gasteiger partial charge in [-0.25, -0.2) is 0 Å². The van der Waals surface area contributed by atoms with Crippen molar-refractivity contribution < 1.29 is 0 Å². The van der Waals surface area contributed by atoms with Gasteiger partial charge in [-0.3, -0.25) is 0 Å². The van der Waals surface area contributed by atoms with E-state index >= 15 is 0 Å². The molecular weight excluding hydrogens is 231 g/mol. The summed E-state index contributed by atoms with van der Waals surface area (Å²) in [6.07, 6.45) is 8.47. The summed E-state index contributed by atoms with van der Waals surface area (Å²) in [7, 11) is 0. The summed E-state index contributed by atoms with van der Waals surface area (Å²) in [6.45, 7) is 5.29. The summed E-state index contributed by atoms with van der Waals surface area (Å²) in [6, 6.07) is 0.828. The molecule has 0 aromatic rings. The number of piperidine rings is 1. The number of nitrogens with zero attached hydrogens (tertiary/aromatic N) is 1. The van der Waals surface area contributed by atoms with E-state index < -0.39 is 0 Å². The van der Waals surface area contributed by atoms with Crippen molar-refractivity contribution in [2.45, 2.75) is 44.6 Å². The lowest BCUT2D eigenvalue weighted by atomic mass is 10.0. The van der Waals surface area contributed by atoms with Crippen LogP contribution < -0.4 is 5.32 Å². The zero-order chi connectivity index (χ0) is 8.93. The minimum absolute atomic E-state index is 0. The number of nitrogens with one attached hydrogen (secondary N) is 1. The van der Waals surface area contributed by atoms with Gasteiger partial charge in [0.25, 0.3) is 0 Å². The molecule has 15 heavy (non-hydrogen) atoms. The van der Waals surface area contributed by atoms with E-state index in [4.69, 9.17) is 0 Å². The highest BCUT2D eigenvalue weighted by Gasteiger charge is 2.15. The van der Waals surface area contributed by atoms with Crippen molar-refractivity contribution in [3.63, 3.8) is 0 Å². The van der Waals surface area contributed by atoms with Crippen LogP contribution in [0.4, 0.5) is 0 Å². The van der Waals surface area contributed by atoms with E-state index in [-0.39, 0.29) is 24.8 Å². The van der Waals surface area contributed by atoms with Crippen molar-refractivity contribution in [2.24, 2.45) is 0 Å². The van der Waals surface area contributed by atoms with E-state index in [2.05, 4.69) is 10.2 Å². The summed E-state index contributed by atoms with van der Waals surface area (Å²) >= 11 is 0. The number of halogens is 2. The van der Waals surface area contributed by atoms with E-state index in [0.717, 1.165) is 6.04 Å². The molecule has 0 saturated carbocycles. The Balaban J connectivity index is 0.000000980. The fourth-order valence-corrected chi connectivity index (χ4v) is 2.52. The normalized spacial score (nSPS) is 26.8. The second kappa shape index (κ2) is 8.63. The van der Waals surface area contributed by atoms with Crippen LogP contribution in [0.3, 0.4) is 0 Å². The average Bonchev–Trinajstić information content (AvgIpc) is 2.69. The van der Waals surface area contributed by atoms with E-state index in [1.807, 2.05) is 0 Å². The van der Waals surface area contributed by atoms with Gasteiger partial charge in [-0.15, -0.1) is 24.8 Å². The van der Waals surface area contributed by atoms with Crippen LogP contribution in [0.5, 0.6) is 0 Å². The Labute approximate surface area is 106 Å². The van der Waals surface area contributed by atoms with Crippen molar-refractivity contribution in [3.05, 3.63) is 0 Å². The zero-order valence-corrected chi connectivity index (χ0v) is 11.0. The maximum Gasteiger partial charge on any atom is 0.00792 e. The lowest BCUT2D eigenvalue weighted by Gasteiger charge is -2.25. The summed E-state index contributed by atoms with van der Waals surface area (Å²) < 4.78 is 0. The molecule has 0 aromatic carbocycles. The highest BCUT2D eigenvalue weighted by Crippen LogP contribution is 2.13. The van der Waals surface area contributed by atoms with Gasteiger partial charge in [-0.05, 0) is 58.3 Å². The minimum atomic E-state index is 0. The fraction of sp³-hybridized carbons (Fsp3) is 1.00. The molecule has 1 atom stereocenters. The van der Waals surface area contributed by atoms with Gasteiger partial charge in [0.15, 0.2) is 0 Å². The van der Waals surface area contributed by atoms with Crippen molar-refractivity contribution in [3.8, 4) is 0 Å². The Bertz CT molecular complexity index is 144. The van der Waals surface area contributed by atoms with Gasteiger partial charge in [0.05, 0.1) is 0 Å². The second-order valence-corrected chi connectivity index (χ2v) is 4.48.